The number of benzene rings is 1. The zero-order valence-electron chi connectivity index (χ0n) is 9.00. The minimum absolute atomic E-state index is 0.314. The molecule has 2 rings (SSSR count). The molecule has 1 nitrogen and oxygen atoms in total. The predicted molar refractivity (Wildman–Crippen MR) is 57.8 cm³/mol. The molecule has 2 heteroatoms. The first-order valence-corrected chi connectivity index (χ1v) is 5.20. The van der Waals surface area contributed by atoms with E-state index in [9.17, 15) is 9.50 Å². The van der Waals surface area contributed by atoms with Crippen molar-refractivity contribution in [3.63, 3.8) is 0 Å². The minimum atomic E-state index is -1.12. The van der Waals surface area contributed by atoms with Gasteiger partial charge < -0.3 is 5.11 Å². The highest BCUT2D eigenvalue weighted by molar-refractivity contribution is 5.34. The fourth-order valence-corrected chi connectivity index (χ4v) is 2.21. The van der Waals surface area contributed by atoms with Gasteiger partial charge in [0.05, 0.1) is 0 Å². The molecule has 0 spiro atoms. The Morgan fingerprint density at radius 3 is 2.60 bits per heavy atom. The van der Waals surface area contributed by atoms with Crippen molar-refractivity contribution >= 4 is 0 Å². The third-order valence-corrected chi connectivity index (χ3v) is 3.20. The molecule has 0 radical (unpaired) electrons. The number of halogens is 1. The van der Waals surface area contributed by atoms with E-state index in [2.05, 4.69) is 0 Å². The van der Waals surface area contributed by atoms with E-state index in [-0.39, 0.29) is 5.82 Å². The van der Waals surface area contributed by atoms with Crippen molar-refractivity contribution in [2.45, 2.75) is 25.9 Å². The number of rotatable bonds is 1. The van der Waals surface area contributed by atoms with Gasteiger partial charge in [0.1, 0.15) is 11.4 Å². The molecule has 2 atom stereocenters. The van der Waals surface area contributed by atoms with Gasteiger partial charge in [0, 0.05) is 5.56 Å². The fourth-order valence-electron chi connectivity index (χ4n) is 2.21. The summed E-state index contributed by atoms with van der Waals surface area (Å²) < 4.78 is 13.6. The second-order valence-corrected chi connectivity index (χ2v) is 4.40. The Kier molecular flexibility index (Phi) is 2.39. The first kappa shape index (κ1) is 10.4. The SMILES string of the molecule is CC1=CC(O)(c2ccccc2F)CC1C. The highest BCUT2D eigenvalue weighted by Crippen LogP contribution is 2.40. The molecule has 80 valence electrons. The summed E-state index contributed by atoms with van der Waals surface area (Å²) in [5.74, 6) is -0.0206. The van der Waals surface area contributed by atoms with E-state index in [1.807, 2.05) is 13.8 Å². The first-order valence-electron chi connectivity index (χ1n) is 5.20. The van der Waals surface area contributed by atoms with Gasteiger partial charge >= 0.3 is 0 Å². The Morgan fingerprint density at radius 1 is 1.40 bits per heavy atom. The summed E-state index contributed by atoms with van der Waals surface area (Å²) in [5, 5.41) is 10.4. The lowest BCUT2D eigenvalue weighted by molar-refractivity contribution is 0.0770. The van der Waals surface area contributed by atoms with Gasteiger partial charge in [-0.05, 0) is 31.4 Å². The summed E-state index contributed by atoms with van der Waals surface area (Å²) in [4.78, 5) is 0. The van der Waals surface area contributed by atoms with Crippen molar-refractivity contribution in [1.29, 1.82) is 0 Å². The van der Waals surface area contributed by atoms with Gasteiger partial charge in [0.2, 0.25) is 0 Å². The molecule has 1 aliphatic rings. The topological polar surface area (TPSA) is 20.2 Å². The quantitative estimate of drug-likeness (QED) is 0.700. The van der Waals surface area contributed by atoms with Crippen LogP contribution in [0.4, 0.5) is 4.39 Å². The van der Waals surface area contributed by atoms with Gasteiger partial charge in [-0.25, -0.2) is 4.39 Å². The maximum Gasteiger partial charge on any atom is 0.129 e. The molecular formula is C13H15FO. The van der Waals surface area contributed by atoms with Crippen LogP contribution >= 0.6 is 0 Å². The van der Waals surface area contributed by atoms with Crippen LogP contribution in [0.25, 0.3) is 0 Å². The second kappa shape index (κ2) is 3.46. The summed E-state index contributed by atoms with van der Waals surface area (Å²) in [6.07, 6.45) is 2.34. The molecular weight excluding hydrogens is 191 g/mol. The van der Waals surface area contributed by atoms with Crippen LogP contribution in [-0.2, 0) is 5.60 Å². The monoisotopic (exact) mass is 206 g/mol. The van der Waals surface area contributed by atoms with E-state index in [0.29, 0.717) is 17.9 Å². The molecule has 0 heterocycles. The van der Waals surface area contributed by atoms with Crippen molar-refractivity contribution in [3.05, 3.63) is 47.3 Å². The lowest BCUT2D eigenvalue weighted by Crippen LogP contribution is -2.22. The smallest absolute Gasteiger partial charge is 0.129 e. The molecule has 0 aromatic heterocycles. The zero-order valence-corrected chi connectivity index (χ0v) is 9.00. The fraction of sp³-hybridized carbons (Fsp3) is 0.385. The normalized spacial score (nSPS) is 30.4. The van der Waals surface area contributed by atoms with Crippen LogP contribution in [-0.4, -0.2) is 5.11 Å². The van der Waals surface area contributed by atoms with Crippen LogP contribution < -0.4 is 0 Å². The van der Waals surface area contributed by atoms with Gasteiger partial charge in [-0.15, -0.1) is 0 Å². The molecule has 2 unspecified atom stereocenters. The summed E-state index contributed by atoms with van der Waals surface area (Å²) in [5.41, 5.74) is 0.393. The minimum Gasteiger partial charge on any atom is -0.381 e. The molecule has 1 aromatic carbocycles. The van der Waals surface area contributed by atoms with Crippen molar-refractivity contribution in [2.75, 3.05) is 0 Å². The Labute approximate surface area is 89.3 Å². The summed E-state index contributed by atoms with van der Waals surface area (Å²) in [7, 11) is 0. The van der Waals surface area contributed by atoms with Crippen LogP contribution in [0, 0.1) is 11.7 Å². The third kappa shape index (κ3) is 1.70. The van der Waals surface area contributed by atoms with Gasteiger partial charge in [-0.2, -0.15) is 0 Å². The average Bonchev–Trinajstić information content (AvgIpc) is 2.42. The lowest BCUT2D eigenvalue weighted by atomic mass is 9.91. The highest BCUT2D eigenvalue weighted by atomic mass is 19.1. The predicted octanol–water partition coefficient (Wildman–Crippen LogP) is 3.00. The Morgan fingerprint density at radius 2 is 2.07 bits per heavy atom. The van der Waals surface area contributed by atoms with Gasteiger partial charge in [-0.1, -0.05) is 30.7 Å². The van der Waals surface area contributed by atoms with Crippen LogP contribution in [0.15, 0.2) is 35.9 Å². The molecule has 1 aromatic rings. The van der Waals surface area contributed by atoms with Crippen LogP contribution in [0.3, 0.4) is 0 Å². The third-order valence-electron chi connectivity index (χ3n) is 3.20. The molecule has 15 heavy (non-hydrogen) atoms. The largest absolute Gasteiger partial charge is 0.381 e. The van der Waals surface area contributed by atoms with Gasteiger partial charge in [0.15, 0.2) is 0 Å². The maximum absolute atomic E-state index is 13.6. The molecule has 0 saturated heterocycles. The first-order chi connectivity index (χ1) is 7.03. The standard InChI is InChI=1S/C13H15FO/c1-9-7-13(15,8-10(9)2)11-5-3-4-6-12(11)14/h3-7,10,15H,8H2,1-2H3. The number of aliphatic hydroxyl groups is 1. The highest BCUT2D eigenvalue weighted by Gasteiger charge is 2.36. The second-order valence-electron chi connectivity index (χ2n) is 4.40. The average molecular weight is 206 g/mol. The van der Waals surface area contributed by atoms with Crippen LogP contribution in [0.2, 0.25) is 0 Å². The van der Waals surface area contributed by atoms with Gasteiger partial charge in [0.25, 0.3) is 0 Å². The number of allylic oxidation sites excluding steroid dienone is 1. The summed E-state index contributed by atoms with van der Waals surface area (Å²) in [6, 6.07) is 6.43. The van der Waals surface area contributed by atoms with Crippen molar-refractivity contribution in [2.24, 2.45) is 5.92 Å². The maximum atomic E-state index is 13.6. The van der Waals surface area contributed by atoms with E-state index in [1.54, 1.807) is 24.3 Å². The molecule has 0 saturated carbocycles. The molecule has 1 aliphatic carbocycles. The molecule has 1 N–H and O–H groups in total. The van der Waals surface area contributed by atoms with Crippen LogP contribution in [0.5, 0.6) is 0 Å². The van der Waals surface area contributed by atoms with E-state index >= 15 is 0 Å². The van der Waals surface area contributed by atoms with E-state index in [0.717, 1.165) is 5.57 Å². The summed E-state index contributed by atoms with van der Waals surface area (Å²) >= 11 is 0. The Balaban J connectivity index is 2.45. The lowest BCUT2D eigenvalue weighted by Gasteiger charge is -2.22. The summed E-state index contributed by atoms with van der Waals surface area (Å²) in [6.45, 7) is 4.02. The number of hydrogen-bond donors (Lipinski definition) is 1. The molecule has 0 amide bonds. The van der Waals surface area contributed by atoms with Gasteiger partial charge in [-0.3, -0.25) is 0 Å². The van der Waals surface area contributed by atoms with E-state index < -0.39 is 5.60 Å². The molecule has 0 aliphatic heterocycles. The van der Waals surface area contributed by atoms with Crippen molar-refractivity contribution in [1.82, 2.24) is 0 Å². The van der Waals surface area contributed by atoms with E-state index in [1.165, 1.54) is 6.07 Å². The zero-order chi connectivity index (χ0) is 11.1. The van der Waals surface area contributed by atoms with Crippen molar-refractivity contribution in [3.8, 4) is 0 Å². The Hall–Kier alpha value is -1.15. The van der Waals surface area contributed by atoms with Crippen molar-refractivity contribution < 1.29 is 9.50 Å². The Bertz CT molecular complexity index is 411. The van der Waals surface area contributed by atoms with Crippen LogP contribution in [0.1, 0.15) is 25.8 Å². The number of hydrogen-bond acceptors (Lipinski definition) is 1. The molecule has 0 bridgehead atoms. The molecule has 0 fully saturated rings. The van der Waals surface area contributed by atoms with E-state index in [4.69, 9.17) is 0 Å².